The van der Waals surface area contributed by atoms with Gasteiger partial charge in [0.1, 0.15) is 6.04 Å². The molecule has 0 bridgehead atoms. The Hall–Kier alpha value is -1.30. The fourth-order valence-corrected chi connectivity index (χ4v) is 2.14. The van der Waals surface area contributed by atoms with Crippen LogP contribution in [-0.4, -0.2) is 52.3 Å². The number of urea groups is 1. The molecule has 0 aliphatic carbocycles. The first-order valence-electron chi connectivity index (χ1n) is 6.83. The number of aliphatic hydroxyl groups is 1. The van der Waals surface area contributed by atoms with Gasteiger partial charge in [0.15, 0.2) is 0 Å². The number of β-amino-alcohol motifs (C(OH)–C–C–N with tert-alkyl or cyclic N) is 1. The van der Waals surface area contributed by atoms with Gasteiger partial charge in [-0.1, -0.05) is 27.2 Å². The second-order valence-electron chi connectivity index (χ2n) is 5.43. The monoisotopic (exact) mass is 272 g/mol. The molecule has 110 valence electrons. The molecule has 0 saturated carbocycles. The Balaban J connectivity index is 2.60. The van der Waals surface area contributed by atoms with Crippen LogP contribution in [0.4, 0.5) is 4.79 Å². The Morgan fingerprint density at radius 2 is 2.11 bits per heavy atom. The van der Waals surface area contributed by atoms with E-state index in [2.05, 4.69) is 5.32 Å². The summed E-state index contributed by atoms with van der Waals surface area (Å²) in [5.74, 6) is -0.974. The van der Waals surface area contributed by atoms with E-state index in [9.17, 15) is 14.7 Å². The highest BCUT2D eigenvalue weighted by molar-refractivity contribution is 5.82. The maximum Gasteiger partial charge on any atom is 0.326 e. The van der Waals surface area contributed by atoms with Crippen molar-refractivity contribution in [1.82, 2.24) is 10.2 Å². The fourth-order valence-electron chi connectivity index (χ4n) is 2.14. The number of aliphatic hydroxyl groups excluding tert-OH is 1. The van der Waals surface area contributed by atoms with Gasteiger partial charge in [-0.05, 0) is 18.3 Å². The number of piperidine rings is 1. The number of hydrogen-bond donors (Lipinski definition) is 3. The summed E-state index contributed by atoms with van der Waals surface area (Å²) < 4.78 is 0. The van der Waals surface area contributed by atoms with E-state index in [0.29, 0.717) is 13.0 Å². The largest absolute Gasteiger partial charge is 0.480 e. The summed E-state index contributed by atoms with van der Waals surface area (Å²) in [7, 11) is 0. The molecule has 4 atom stereocenters. The van der Waals surface area contributed by atoms with Crippen LogP contribution in [0.25, 0.3) is 0 Å². The van der Waals surface area contributed by atoms with Gasteiger partial charge in [0.05, 0.1) is 6.10 Å². The summed E-state index contributed by atoms with van der Waals surface area (Å²) in [5, 5.41) is 21.4. The van der Waals surface area contributed by atoms with Crippen molar-refractivity contribution in [3.8, 4) is 0 Å². The number of carbonyl (C=O) groups excluding carboxylic acids is 1. The van der Waals surface area contributed by atoms with Crippen molar-refractivity contribution >= 4 is 12.0 Å². The first-order valence-corrected chi connectivity index (χ1v) is 6.83. The van der Waals surface area contributed by atoms with Crippen LogP contribution in [0, 0.1) is 11.8 Å². The van der Waals surface area contributed by atoms with E-state index in [0.717, 1.165) is 6.42 Å². The number of nitrogens with zero attached hydrogens (tertiary/aromatic N) is 1. The molecule has 0 aromatic heterocycles. The van der Waals surface area contributed by atoms with Crippen molar-refractivity contribution in [3.05, 3.63) is 0 Å². The lowest BCUT2D eigenvalue weighted by Crippen LogP contribution is -2.54. The van der Waals surface area contributed by atoms with Crippen LogP contribution in [0.5, 0.6) is 0 Å². The Kier molecular flexibility index (Phi) is 5.60. The summed E-state index contributed by atoms with van der Waals surface area (Å²) in [5.41, 5.74) is 0. The molecule has 1 aliphatic rings. The Morgan fingerprint density at radius 1 is 1.47 bits per heavy atom. The molecular weight excluding hydrogens is 248 g/mol. The highest BCUT2D eigenvalue weighted by Crippen LogP contribution is 2.17. The number of carboxylic acid groups (broad SMARTS) is 1. The number of hydrogen-bond acceptors (Lipinski definition) is 3. The normalized spacial score (nSPS) is 26.6. The molecule has 4 unspecified atom stereocenters. The predicted octanol–water partition coefficient (Wildman–Crippen LogP) is 0.898. The lowest BCUT2D eigenvalue weighted by Gasteiger charge is -2.35. The average Bonchev–Trinajstić information content (AvgIpc) is 2.37. The minimum atomic E-state index is -1.02. The highest BCUT2D eigenvalue weighted by Gasteiger charge is 2.31. The van der Waals surface area contributed by atoms with Gasteiger partial charge in [-0.15, -0.1) is 0 Å². The van der Waals surface area contributed by atoms with Crippen LogP contribution in [-0.2, 0) is 4.79 Å². The Bertz CT molecular complexity index is 335. The summed E-state index contributed by atoms with van der Waals surface area (Å²) in [6, 6.07) is -1.28. The molecule has 0 radical (unpaired) electrons. The molecule has 19 heavy (non-hydrogen) atoms. The molecule has 6 heteroatoms. The topological polar surface area (TPSA) is 89.9 Å². The molecule has 0 aromatic carbocycles. The predicted molar refractivity (Wildman–Crippen MR) is 70.8 cm³/mol. The Morgan fingerprint density at radius 3 is 2.58 bits per heavy atom. The minimum Gasteiger partial charge on any atom is -0.480 e. The zero-order valence-corrected chi connectivity index (χ0v) is 11.8. The minimum absolute atomic E-state index is 0.130. The molecule has 1 aliphatic heterocycles. The van der Waals surface area contributed by atoms with Crippen molar-refractivity contribution < 1.29 is 19.8 Å². The first-order chi connectivity index (χ1) is 8.86. The number of amides is 2. The third kappa shape index (κ3) is 4.09. The van der Waals surface area contributed by atoms with Crippen LogP contribution in [0.1, 0.15) is 33.6 Å². The number of carboxylic acids is 1. The maximum absolute atomic E-state index is 12.0. The summed E-state index contributed by atoms with van der Waals surface area (Å²) in [4.78, 5) is 24.7. The van der Waals surface area contributed by atoms with Crippen LogP contribution < -0.4 is 5.32 Å². The van der Waals surface area contributed by atoms with Gasteiger partial charge in [0, 0.05) is 13.1 Å². The SMILES string of the molecule is CCC(C)C(NC(=O)N1CCC(C)C(O)C1)C(=O)O. The van der Waals surface area contributed by atoms with E-state index >= 15 is 0 Å². The van der Waals surface area contributed by atoms with E-state index in [4.69, 9.17) is 5.11 Å². The van der Waals surface area contributed by atoms with Crippen LogP contribution in [0.3, 0.4) is 0 Å². The third-order valence-electron chi connectivity index (χ3n) is 3.96. The molecular formula is C13H24N2O4. The third-order valence-corrected chi connectivity index (χ3v) is 3.96. The van der Waals surface area contributed by atoms with Gasteiger partial charge < -0.3 is 20.4 Å². The molecule has 0 spiro atoms. The lowest BCUT2D eigenvalue weighted by atomic mass is 9.96. The van der Waals surface area contributed by atoms with E-state index in [1.165, 1.54) is 4.90 Å². The van der Waals surface area contributed by atoms with E-state index in [1.807, 2.05) is 13.8 Å². The van der Waals surface area contributed by atoms with Gasteiger partial charge in [-0.25, -0.2) is 9.59 Å². The number of aliphatic carboxylic acids is 1. The van der Waals surface area contributed by atoms with E-state index in [-0.39, 0.29) is 18.4 Å². The number of rotatable bonds is 4. The molecule has 1 saturated heterocycles. The molecule has 3 N–H and O–H groups in total. The smallest absolute Gasteiger partial charge is 0.326 e. The number of nitrogens with one attached hydrogen (secondary N) is 1. The lowest BCUT2D eigenvalue weighted by molar-refractivity contribution is -0.140. The number of carbonyl (C=O) groups is 2. The van der Waals surface area contributed by atoms with Crippen molar-refractivity contribution in [2.24, 2.45) is 11.8 Å². The fraction of sp³-hybridized carbons (Fsp3) is 0.846. The maximum atomic E-state index is 12.0. The summed E-state index contributed by atoms with van der Waals surface area (Å²) in [6.45, 7) is 6.45. The Labute approximate surface area is 113 Å². The second-order valence-corrected chi connectivity index (χ2v) is 5.43. The molecule has 1 rings (SSSR count). The van der Waals surface area contributed by atoms with Gasteiger partial charge in [-0.3, -0.25) is 0 Å². The van der Waals surface area contributed by atoms with Gasteiger partial charge in [-0.2, -0.15) is 0 Å². The van der Waals surface area contributed by atoms with Crippen molar-refractivity contribution in [1.29, 1.82) is 0 Å². The molecule has 0 aromatic rings. The first kappa shape index (κ1) is 15.8. The second kappa shape index (κ2) is 6.75. The molecule has 1 heterocycles. The van der Waals surface area contributed by atoms with Gasteiger partial charge in [0.2, 0.25) is 0 Å². The molecule has 1 fully saturated rings. The van der Waals surface area contributed by atoms with Gasteiger partial charge >= 0.3 is 12.0 Å². The van der Waals surface area contributed by atoms with Crippen molar-refractivity contribution in [2.45, 2.75) is 45.8 Å². The van der Waals surface area contributed by atoms with E-state index in [1.54, 1.807) is 6.92 Å². The van der Waals surface area contributed by atoms with Gasteiger partial charge in [0.25, 0.3) is 0 Å². The van der Waals surface area contributed by atoms with Crippen molar-refractivity contribution in [2.75, 3.05) is 13.1 Å². The molecule has 2 amide bonds. The van der Waals surface area contributed by atoms with Crippen LogP contribution in [0.2, 0.25) is 0 Å². The van der Waals surface area contributed by atoms with Crippen LogP contribution >= 0.6 is 0 Å². The van der Waals surface area contributed by atoms with Crippen molar-refractivity contribution in [3.63, 3.8) is 0 Å². The zero-order valence-electron chi connectivity index (χ0n) is 11.8. The molecule has 6 nitrogen and oxygen atoms in total. The zero-order chi connectivity index (χ0) is 14.6. The summed E-state index contributed by atoms with van der Waals surface area (Å²) >= 11 is 0. The standard InChI is InChI=1S/C13H24N2O4/c1-4-8(2)11(12(17)18)14-13(19)15-6-5-9(3)10(16)7-15/h8-11,16H,4-7H2,1-3H3,(H,14,19)(H,17,18). The quantitative estimate of drug-likeness (QED) is 0.709. The highest BCUT2D eigenvalue weighted by atomic mass is 16.4. The van der Waals surface area contributed by atoms with Crippen LogP contribution in [0.15, 0.2) is 0 Å². The average molecular weight is 272 g/mol. The summed E-state index contributed by atoms with van der Waals surface area (Å²) in [6.07, 6.45) is 0.874. The van der Waals surface area contributed by atoms with E-state index < -0.39 is 24.1 Å². The number of likely N-dealkylation sites (tertiary alicyclic amines) is 1.